The second-order valence-electron chi connectivity index (χ2n) is 3.50. The van der Waals surface area contributed by atoms with Gasteiger partial charge in [-0.25, -0.2) is 0 Å². The van der Waals surface area contributed by atoms with Gasteiger partial charge in [-0.3, -0.25) is 0 Å². The summed E-state index contributed by atoms with van der Waals surface area (Å²) in [4.78, 5) is 0. The molecule has 0 bridgehead atoms. The SMILES string of the molecule is [SiH3][SiH2][Si]([SiH3])([SiH3])[SiH]([SiH3])[SiH3]. The van der Waals surface area contributed by atoms with Gasteiger partial charge in [0.25, 0.3) is 0 Å². The van der Waals surface area contributed by atoms with Gasteiger partial charge in [0.05, 0.1) is 0 Å². The van der Waals surface area contributed by atoms with E-state index in [1.54, 1.807) is 48.8 Å². The summed E-state index contributed by atoms with van der Waals surface area (Å²) in [5, 5.41) is 0. The third-order valence-corrected chi connectivity index (χ3v) is 200. The molecular weight excluding hydrogens is 225 g/mol. The molecule has 0 saturated heterocycles. The quantitative estimate of drug-likeness (QED) is 0.422. The van der Waals surface area contributed by atoms with Crippen LogP contribution in [0.2, 0.25) is 0 Å². The molecule has 0 rings (SSSR count). The molecular formula is H18Si8. The molecule has 0 unspecified atom stereocenters. The molecule has 0 heterocycles. The van der Waals surface area contributed by atoms with E-state index in [0.29, 0.717) is 0 Å². The van der Waals surface area contributed by atoms with Gasteiger partial charge in [0, 0.05) is 0 Å². The molecule has 0 atom stereocenters. The number of hydrogen-bond acceptors (Lipinski definition) is 0. The molecule has 0 N–H and O–H groups in total. The Morgan fingerprint density at radius 1 is 1.25 bits per heavy atom. The van der Waals surface area contributed by atoms with E-state index in [0.717, 1.165) is 8.55 Å². The zero-order valence-electron chi connectivity index (χ0n) is 6.78. The molecule has 0 aromatic rings. The highest BCUT2D eigenvalue weighted by Gasteiger charge is 2.22. The molecule has 0 saturated carbocycles. The molecule has 0 aliphatic carbocycles. The minimum atomic E-state index is -0.0139. The summed E-state index contributed by atoms with van der Waals surface area (Å²) in [5.41, 5.74) is 0. The van der Waals surface area contributed by atoms with Crippen LogP contribution in [0, 0.1) is 0 Å². The Kier molecular flexibility index (Phi) is 4.62. The van der Waals surface area contributed by atoms with E-state index in [9.17, 15) is 0 Å². The van der Waals surface area contributed by atoms with Crippen molar-refractivity contribution >= 4 is 70.8 Å². The third kappa shape index (κ3) is 3.04. The van der Waals surface area contributed by atoms with E-state index in [-0.39, 0.29) is 13.5 Å². The molecule has 8 heteroatoms. The Balaban J connectivity index is 3.71. The van der Waals surface area contributed by atoms with Crippen LogP contribution in [0.3, 0.4) is 0 Å². The van der Waals surface area contributed by atoms with Crippen LogP contribution in [0.4, 0.5) is 0 Å². The second-order valence-corrected chi connectivity index (χ2v) is 94.4. The van der Waals surface area contributed by atoms with Crippen LogP contribution in [0.15, 0.2) is 0 Å². The van der Waals surface area contributed by atoms with Crippen molar-refractivity contribution in [3.63, 3.8) is 0 Å². The van der Waals surface area contributed by atoms with Crippen molar-refractivity contribution in [1.82, 2.24) is 0 Å². The number of hydrogen-bond donors (Lipinski definition) is 0. The molecule has 0 aromatic heterocycles. The maximum absolute atomic E-state index is 1.76. The highest BCUT2D eigenvalue weighted by Crippen LogP contribution is 1.84. The summed E-state index contributed by atoms with van der Waals surface area (Å²) in [6.07, 6.45) is -0.0139. The Labute approximate surface area is 70.7 Å². The zero-order chi connectivity index (χ0) is 6.78. The standard InChI is InChI=1S/H18Si8/c1-6-8(4,5)7(2)3/h7H,6H2,1-5H3. The summed E-state index contributed by atoms with van der Waals surface area (Å²) in [5.74, 6) is 0. The van der Waals surface area contributed by atoms with Crippen LogP contribution in [-0.2, 0) is 0 Å². The molecule has 0 radical (unpaired) electrons. The van der Waals surface area contributed by atoms with Gasteiger partial charge in [0.2, 0.25) is 0 Å². The van der Waals surface area contributed by atoms with E-state index < -0.39 is 0 Å². The molecule has 0 aromatic carbocycles. The maximum atomic E-state index is 1.76. The van der Waals surface area contributed by atoms with E-state index in [1.165, 1.54) is 0 Å². The van der Waals surface area contributed by atoms with Crippen molar-refractivity contribution in [3.8, 4) is 0 Å². The third-order valence-electron chi connectivity index (χ3n) is 2.47. The molecule has 0 amide bonds. The van der Waals surface area contributed by atoms with Crippen molar-refractivity contribution in [2.45, 2.75) is 0 Å². The van der Waals surface area contributed by atoms with Gasteiger partial charge in [-0.05, 0) is 70.8 Å². The van der Waals surface area contributed by atoms with Crippen LogP contribution in [-0.4, -0.2) is 70.8 Å². The Hall–Kier alpha value is 1.74. The van der Waals surface area contributed by atoms with E-state index in [4.69, 9.17) is 0 Å². The highest BCUT2D eigenvalue weighted by atomic mass is 30.3. The lowest BCUT2D eigenvalue weighted by Crippen LogP contribution is -2.60. The minimum Gasteiger partial charge on any atom is -0.0119 e. The predicted molar refractivity (Wildman–Crippen MR) is 71.1 cm³/mol. The van der Waals surface area contributed by atoms with E-state index in [1.807, 2.05) is 0 Å². The first-order valence-corrected chi connectivity index (χ1v) is 31.5. The molecule has 0 aliphatic rings. The lowest BCUT2D eigenvalue weighted by molar-refractivity contribution is 3.53. The predicted octanol–water partition coefficient (Wildman–Crippen LogP) is -7.86. The van der Waals surface area contributed by atoms with E-state index >= 15 is 0 Å². The summed E-state index contributed by atoms with van der Waals surface area (Å²) in [6.45, 7) is 0. The topological polar surface area (TPSA) is 0 Å². The van der Waals surface area contributed by atoms with Crippen LogP contribution < -0.4 is 0 Å². The molecule has 0 nitrogen and oxygen atoms in total. The molecule has 0 fully saturated rings. The van der Waals surface area contributed by atoms with Crippen LogP contribution in [0.1, 0.15) is 0 Å². The zero-order valence-corrected chi connectivity index (χ0v) is 20.4. The largest absolute Gasteiger partial charge is 0.0119 e. The average molecular weight is 243 g/mol. The van der Waals surface area contributed by atoms with Gasteiger partial charge < -0.3 is 0 Å². The van der Waals surface area contributed by atoms with Gasteiger partial charge in [-0.2, -0.15) is 0 Å². The summed E-state index contributed by atoms with van der Waals surface area (Å²) in [6, 6.07) is 0. The van der Waals surface area contributed by atoms with Gasteiger partial charge in [-0.1, -0.05) is 0 Å². The normalized spacial score (nSPS) is 25.5. The van der Waals surface area contributed by atoms with Crippen LogP contribution >= 0.6 is 0 Å². The van der Waals surface area contributed by atoms with Gasteiger partial charge in [0.15, 0.2) is 0 Å². The summed E-state index contributed by atoms with van der Waals surface area (Å²) >= 11 is 0. The fourth-order valence-electron chi connectivity index (χ4n) is 0.408. The van der Waals surface area contributed by atoms with Gasteiger partial charge >= 0.3 is 0 Å². The first kappa shape index (κ1) is 9.74. The van der Waals surface area contributed by atoms with Crippen molar-refractivity contribution in [2.75, 3.05) is 0 Å². The van der Waals surface area contributed by atoms with Gasteiger partial charge in [-0.15, -0.1) is 0 Å². The molecule has 8 heavy (non-hydrogen) atoms. The molecule has 0 aliphatic heterocycles. The van der Waals surface area contributed by atoms with Crippen molar-refractivity contribution in [3.05, 3.63) is 0 Å². The Morgan fingerprint density at radius 3 is 1.62 bits per heavy atom. The second kappa shape index (κ2) is 3.80. The highest BCUT2D eigenvalue weighted by molar-refractivity contribution is 7.98. The Bertz CT molecular complexity index is 60.4. The van der Waals surface area contributed by atoms with Crippen molar-refractivity contribution in [1.29, 1.82) is 0 Å². The molecule has 0 spiro atoms. The van der Waals surface area contributed by atoms with E-state index in [2.05, 4.69) is 0 Å². The number of rotatable bonds is 2. The smallest absolute Gasteiger partial charge is 0.00546 e. The maximum Gasteiger partial charge on any atom is -0.00546 e. The van der Waals surface area contributed by atoms with Gasteiger partial charge in [0.1, 0.15) is 0 Å². The van der Waals surface area contributed by atoms with Crippen molar-refractivity contribution < 1.29 is 0 Å². The van der Waals surface area contributed by atoms with Crippen LogP contribution in [0.5, 0.6) is 0 Å². The average Bonchev–Trinajstić information content (AvgIpc) is 1.67. The van der Waals surface area contributed by atoms with Crippen LogP contribution in [0.25, 0.3) is 0 Å². The summed E-state index contributed by atoms with van der Waals surface area (Å²) < 4.78 is 0. The lowest BCUT2D eigenvalue weighted by Gasteiger charge is -2.23. The monoisotopic (exact) mass is 242 g/mol. The fourth-order valence-corrected chi connectivity index (χ4v) is 99.2. The minimum absolute atomic E-state index is 0.0139. The van der Waals surface area contributed by atoms with Crippen molar-refractivity contribution in [2.24, 2.45) is 0 Å². The lowest BCUT2D eigenvalue weighted by atomic mass is 25.9. The first-order chi connectivity index (χ1) is 3.50. The fraction of sp³-hybridized carbons (Fsp3) is 0. The summed E-state index contributed by atoms with van der Waals surface area (Å²) in [7, 11) is 9.65. The first-order valence-electron chi connectivity index (χ1n) is 3.50. The Morgan fingerprint density at radius 2 is 1.62 bits per heavy atom. The molecule has 50 valence electrons.